The molecule has 0 saturated carbocycles. The topological polar surface area (TPSA) is 75.6 Å². The highest BCUT2D eigenvalue weighted by Gasteiger charge is 2.18. The monoisotopic (exact) mass is 555 g/mol. The van der Waals surface area contributed by atoms with Crippen molar-refractivity contribution in [3.63, 3.8) is 0 Å². The number of carboxylic acid groups (broad SMARTS) is 1. The van der Waals surface area contributed by atoms with E-state index in [9.17, 15) is 9.59 Å². The third-order valence-electron chi connectivity index (χ3n) is 6.82. The van der Waals surface area contributed by atoms with E-state index in [-0.39, 0.29) is 24.7 Å². The largest absolute Gasteiger partial charge is 0.491 e. The third kappa shape index (κ3) is 7.99. The van der Waals surface area contributed by atoms with Crippen LogP contribution in [0, 0.1) is 19.8 Å². The molecular weight excluding hydrogens is 521 g/mol. The molecule has 0 amide bonds. The van der Waals surface area contributed by atoms with Crippen molar-refractivity contribution >= 4 is 40.6 Å². The summed E-state index contributed by atoms with van der Waals surface area (Å²) in [5, 5.41) is 13.5. The number of aliphatic carboxylic acids is 1. The Morgan fingerprint density at radius 2 is 1.63 bits per heavy atom. The number of nitrogens with one attached hydrogen (secondary N) is 1. The number of halogens is 2. The predicted octanol–water partition coefficient (Wildman–Crippen LogP) is 8.62. The van der Waals surface area contributed by atoms with Gasteiger partial charge in [0.1, 0.15) is 12.4 Å². The number of hydrogen-bond acceptors (Lipinski definition) is 4. The quantitative estimate of drug-likeness (QED) is 0.206. The van der Waals surface area contributed by atoms with Crippen molar-refractivity contribution in [2.75, 3.05) is 11.9 Å². The van der Waals surface area contributed by atoms with Gasteiger partial charge in [-0.1, -0.05) is 49.5 Å². The van der Waals surface area contributed by atoms with E-state index in [2.05, 4.69) is 33.0 Å². The molecule has 3 aromatic rings. The highest BCUT2D eigenvalue weighted by atomic mass is 35.5. The van der Waals surface area contributed by atoms with Crippen LogP contribution in [0.25, 0.3) is 11.1 Å². The van der Waals surface area contributed by atoms with Crippen LogP contribution in [0.15, 0.2) is 54.6 Å². The highest BCUT2D eigenvalue weighted by molar-refractivity contribution is 6.36. The summed E-state index contributed by atoms with van der Waals surface area (Å²) < 4.78 is 6.27. The van der Waals surface area contributed by atoms with Gasteiger partial charge in [0.25, 0.3) is 0 Å². The van der Waals surface area contributed by atoms with E-state index in [1.54, 1.807) is 18.2 Å². The number of anilines is 1. The van der Waals surface area contributed by atoms with Crippen molar-refractivity contribution in [1.29, 1.82) is 0 Å². The molecule has 0 heterocycles. The summed E-state index contributed by atoms with van der Waals surface area (Å²) >= 11 is 12.6. The molecule has 0 saturated heterocycles. The van der Waals surface area contributed by atoms with Gasteiger partial charge in [-0.05, 0) is 91.4 Å². The van der Waals surface area contributed by atoms with E-state index < -0.39 is 5.97 Å². The molecule has 0 radical (unpaired) electrons. The Hall–Kier alpha value is -3.02. The van der Waals surface area contributed by atoms with Crippen LogP contribution < -0.4 is 10.1 Å². The lowest BCUT2D eigenvalue weighted by Crippen LogP contribution is -2.33. The maximum absolute atomic E-state index is 12.3. The maximum Gasteiger partial charge on any atom is 0.303 e. The smallest absolute Gasteiger partial charge is 0.303 e. The van der Waals surface area contributed by atoms with E-state index in [4.69, 9.17) is 33.0 Å². The molecule has 3 rings (SSSR count). The van der Waals surface area contributed by atoms with Crippen LogP contribution in [0.2, 0.25) is 10.0 Å². The number of ketones is 1. The minimum absolute atomic E-state index is 0.00137. The van der Waals surface area contributed by atoms with E-state index in [1.807, 2.05) is 36.4 Å². The Morgan fingerprint density at radius 3 is 2.21 bits per heavy atom. The molecule has 3 aromatic carbocycles. The van der Waals surface area contributed by atoms with Crippen molar-refractivity contribution in [3.8, 4) is 16.9 Å². The fourth-order valence-corrected chi connectivity index (χ4v) is 4.96. The summed E-state index contributed by atoms with van der Waals surface area (Å²) in [6, 6.07) is 17.0. The number of Topliss-reactive ketones (excluding diaryl/α,β-unsaturated/α-hetero) is 1. The number of carboxylic acids is 1. The summed E-state index contributed by atoms with van der Waals surface area (Å²) in [4.78, 5) is 23.0. The van der Waals surface area contributed by atoms with E-state index in [0.29, 0.717) is 34.6 Å². The van der Waals surface area contributed by atoms with Gasteiger partial charge in [-0.25, -0.2) is 0 Å². The zero-order chi connectivity index (χ0) is 27.8. The Kier molecular flexibility index (Phi) is 10.6. The van der Waals surface area contributed by atoms with Crippen LogP contribution in [0.1, 0.15) is 61.0 Å². The standard InChI is InChI=1S/C31H35Cl2NO4/c1-5-19(2)28(34-24-12-9-22(10-13-24)29(35)7-6-8-30(36)37)18-38-25-15-20(3)31(21(4)16-25)26-14-11-23(32)17-27(26)33/h9-17,19,28,34H,5-8,18H2,1-4H3,(H,36,37)/t19-,28+/m0/s1. The molecule has 5 nitrogen and oxygen atoms in total. The second-order valence-electron chi connectivity index (χ2n) is 9.75. The van der Waals surface area contributed by atoms with Crippen LogP contribution in [0.3, 0.4) is 0 Å². The number of benzene rings is 3. The second-order valence-corrected chi connectivity index (χ2v) is 10.6. The molecule has 0 aliphatic rings. The number of hydrogen-bond donors (Lipinski definition) is 2. The van der Waals surface area contributed by atoms with Crippen LogP contribution in [-0.4, -0.2) is 29.5 Å². The average molecular weight is 557 g/mol. The molecule has 0 fully saturated rings. The lowest BCUT2D eigenvalue weighted by Gasteiger charge is -2.26. The van der Waals surface area contributed by atoms with E-state index in [0.717, 1.165) is 40.1 Å². The van der Waals surface area contributed by atoms with E-state index >= 15 is 0 Å². The average Bonchev–Trinajstić information content (AvgIpc) is 2.87. The van der Waals surface area contributed by atoms with Gasteiger partial charge in [-0.15, -0.1) is 0 Å². The van der Waals surface area contributed by atoms with Crippen LogP contribution in [0.5, 0.6) is 5.75 Å². The first kappa shape index (κ1) is 29.5. The third-order valence-corrected chi connectivity index (χ3v) is 7.37. The van der Waals surface area contributed by atoms with Crippen LogP contribution in [0.4, 0.5) is 5.69 Å². The maximum atomic E-state index is 12.3. The lowest BCUT2D eigenvalue weighted by molar-refractivity contribution is -0.137. The number of carbonyl (C=O) groups is 2. The summed E-state index contributed by atoms with van der Waals surface area (Å²) in [5.41, 5.74) is 5.65. The Balaban J connectivity index is 1.68. The second kappa shape index (κ2) is 13.7. The number of carbonyl (C=O) groups excluding carboxylic acids is 1. The molecule has 2 N–H and O–H groups in total. The molecular formula is C31H35Cl2NO4. The molecule has 0 unspecified atom stereocenters. The first-order valence-corrected chi connectivity index (χ1v) is 13.7. The van der Waals surface area contributed by atoms with Gasteiger partial charge in [-0.3, -0.25) is 9.59 Å². The molecule has 0 aromatic heterocycles. The molecule has 0 spiro atoms. The first-order valence-electron chi connectivity index (χ1n) is 12.9. The molecule has 0 bridgehead atoms. The van der Waals surface area contributed by atoms with Crippen molar-refractivity contribution in [1.82, 2.24) is 0 Å². The summed E-state index contributed by atoms with van der Waals surface area (Å²) in [7, 11) is 0. The summed E-state index contributed by atoms with van der Waals surface area (Å²) in [6.45, 7) is 8.91. The van der Waals surface area contributed by atoms with Gasteiger partial charge < -0.3 is 15.2 Å². The first-order chi connectivity index (χ1) is 18.1. The summed E-state index contributed by atoms with van der Waals surface area (Å²) in [6.07, 6.45) is 1.55. The number of rotatable bonds is 13. The number of ether oxygens (including phenoxy) is 1. The minimum Gasteiger partial charge on any atom is -0.491 e. The van der Waals surface area contributed by atoms with Crippen molar-refractivity contribution in [2.45, 2.75) is 59.4 Å². The minimum atomic E-state index is -0.886. The Bertz CT molecular complexity index is 1250. The van der Waals surface area contributed by atoms with Gasteiger partial charge >= 0.3 is 5.97 Å². The number of aryl methyl sites for hydroxylation is 2. The van der Waals surface area contributed by atoms with Crippen LogP contribution in [-0.2, 0) is 4.79 Å². The molecule has 7 heteroatoms. The Morgan fingerprint density at radius 1 is 0.974 bits per heavy atom. The lowest BCUT2D eigenvalue weighted by atomic mass is 9.95. The van der Waals surface area contributed by atoms with Crippen LogP contribution >= 0.6 is 23.2 Å². The van der Waals surface area contributed by atoms with Crippen molar-refractivity contribution < 1.29 is 19.4 Å². The highest BCUT2D eigenvalue weighted by Crippen LogP contribution is 2.36. The van der Waals surface area contributed by atoms with Gasteiger partial charge in [0.2, 0.25) is 0 Å². The zero-order valence-electron chi connectivity index (χ0n) is 22.3. The molecule has 38 heavy (non-hydrogen) atoms. The van der Waals surface area contributed by atoms with Gasteiger partial charge in [0, 0.05) is 39.7 Å². The van der Waals surface area contributed by atoms with E-state index in [1.165, 1.54) is 0 Å². The van der Waals surface area contributed by atoms with Gasteiger partial charge in [-0.2, -0.15) is 0 Å². The Labute approximate surface area is 235 Å². The SMILES string of the molecule is CC[C@H](C)[C@@H](COc1cc(C)c(-c2ccc(Cl)cc2Cl)c(C)c1)Nc1ccc(C(=O)CCCC(=O)O)cc1. The molecule has 0 aliphatic heterocycles. The van der Waals surface area contributed by atoms with Crippen molar-refractivity contribution in [3.05, 3.63) is 81.3 Å². The fourth-order valence-electron chi connectivity index (χ4n) is 4.45. The normalized spacial score (nSPS) is 12.6. The molecule has 0 aliphatic carbocycles. The van der Waals surface area contributed by atoms with Gasteiger partial charge in [0.15, 0.2) is 5.78 Å². The zero-order valence-corrected chi connectivity index (χ0v) is 23.8. The summed E-state index contributed by atoms with van der Waals surface area (Å²) in [5.74, 6) is 0.212. The molecule has 2 atom stereocenters. The molecule has 202 valence electrons. The van der Waals surface area contributed by atoms with Gasteiger partial charge in [0.05, 0.1) is 6.04 Å². The van der Waals surface area contributed by atoms with Crippen molar-refractivity contribution in [2.24, 2.45) is 5.92 Å². The predicted molar refractivity (Wildman–Crippen MR) is 156 cm³/mol. The fraction of sp³-hybridized carbons (Fsp3) is 0.355.